The molecule has 0 saturated heterocycles. The minimum absolute atomic E-state index is 0.114. The van der Waals surface area contributed by atoms with E-state index in [-0.39, 0.29) is 12.2 Å². The second kappa shape index (κ2) is 7.47. The number of rotatable bonds is 7. The summed E-state index contributed by atoms with van der Waals surface area (Å²) in [6.45, 7) is 9.56. The van der Waals surface area contributed by atoms with E-state index < -0.39 is 11.6 Å². The molecule has 136 valence electrons. The number of hydrogen-bond acceptors (Lipinski definition) is 7. The van der Waals surface area contributed by atoms with E-state index in [2.05, 4.69) is 16.5 Å². The van der Waals surface area contributed by atoms with Gasteiger partial charge in [0, 0.05) is 6.54 Å². The van der Waals surface area contributed by atoms with E-state index in [1.807, 2.05) is 11.9 Å². The number of aromatic amines is 1. The van der Waals surface area contributed by atoms with E-state index in [0.29, 0.717) is 39.6 Å². The number of nitrogens with zero attached hydrogens (tertiary/aromatic N) is 2. The number of ether oxygens (including phenoxy) is 1. The largest absolute Gasteiger partial charge is 0.457 e. The van der Waals surface area contributed by atoms with E-state index in [1.165, 1.54) is 6.08 Å². The van der Waals surface area contributed by atoms with Crippen molar-refractivity contribution >= 4 is 27.5 Å². The van der Waals surface area contributed by atoms with Gasteiger partial charge in [-0.25, -0.2) is 9.78 Å². The van der Waals surface area contributed by atoms with E-state index >= 15 is 0 Å². The van der Waals surface area contributed by atoms with Crippen LogP contribution in [0.5, 0.6) is 0 Å². The van der Waals surface area contributed by atoms with Gasteiger partial charge >= 0.3 is 5.97 Å². The molecule has 2 heterocycles. The van der Waals surface area contributed by atoms with E-state index in [0.717, 1.165) is 11.3 Å². The Morgan fingerprint density at radius 3 is 2.80 bits per heavy atom. The summed E-state index contributed by atoms with van der Waals surface area (Å²) < 4.78 is 5.05. The first-order chi connectivity index (χ1) is 11.6. The number of thiophene rings is 1. The summed E-state index contributed by atoms with van der Waals surface area (Å²) in [7, 11) is 1.83. The molecule has 2 rings (SSSR count). The number of aromatic nitrogens is 2. The molecule has 25 heavy (non-hydrogen) atoms. The average molecular weight is 365 g/mol. The number of hydrogen-bond donors (Lipinski definition) is 2. The molecule has 0 spiro atoms. The van der Waals surface area contributed by atoms with Crippen LogP contribution in [0.2, 0.25) is 0 Å². The molecule has 7 nitrogen and oxygen atoms in total. The third-order valence-corrected chi connectivity index (χ3v) is 4.61. The molecule has 0 radical (unpaired) electrons. The first-order valence-electron chi connectivity index (χ1n) is 7.83. The number of nitrogens with one attached hydrogen (secondary N) is 1. The molecule has 0 aromatic carbocycles. The minimum Gasteiger partial charge on any atom is -0.457 e. The van der Waals surface area contributed by atoms with Crippen LogP contribution in [0.15, 0.2) is 17.4 Å². The Bertz CT molecular complexity index is 848. The monoisotopic (exact) mass is 365 g/mol. The normalized spacial score (nSPS) is 11.9. The molecule has 2 aromatic rings. The molecule has 0 atom stereocenters. The number of H-pyrrole nitrogens is 1. The Balaban J connectivity index is 2.34. The standard InChI is InChI=1S/C17H23N3O4S/c1-6-7-24-16(22)13-10(2)12-14(21)18-11(19-15(12)25-13)8-20(5)9-17(3,4)23/h6,23H,1,7-9H2,2-5H3,(H,18,19,21). The highest BCUT2D eigenvalue weighted by Gasteiger charge is 2.21. The van der Waals surface area contributed by atoms with Gasteiger partial charge in [0.1, 0.15) is 22.1 Å². The van der Waals surface area contributed by atoms with Gasteiger partial charge in [0.05, 0.1) is 17.5 Å². The number of likely N-dealkylation sites (N-methyl/N-ethyl adjacent to an activating group) is 1. The number of fused-ring (bicyclic) bond motifs is 1. The zero-order valence-electron chi connectivity index (χ0n) is 14.9. The van der Waals surface area contributed by atoms with Gasteiger partial charge in [-0.1, -0.05) is 12.7 Å². The molecular weight excluding hydrogens is 342 g/mol. The molecule has 2 aromatic heterocycles. The van der Waals surface area contributed by atoms with Crippen LogP contribution in [0.1, 0.15) is 34.9 Å². The van der Waals surface area contributed by atoms with Crippen LogP contribution in [-0.4, -0.2) is 51.7 Å². The highest BCUT2D eigenvalue weighted by atomic mass is 32.1. The Hall–Kier alpha value is -2.03. The molecule has 0 amide bonds. The van der Waals surface area contributed by atoms with Gasteiger partial charge in [0.2, 0.25) is 0 Å². The van der Waals surface area contributed by atoms with Gasteiger partial charge < -0.3 is 14.8 Å². The van der Waals surface area contributed by atoms with Gasteiger partial charge in [0.25, 0.3) is 5.56 Å². The van der Waals surface area contributed by atoms with Crippen molar-refractivity contribution < 1.29 is 14.6 Å². The maximum Gasteiger partial charge on any atom is 0.348 e. The second-order valence-corrected chi connectivity index (χ2v) is 7.62. The lowest BCUT2D eigenvalue weighted by Crippen LogP contribution is -2.36. The molecule has 2 N–H and O–H groups in total. The number of esters is 1. The summed E-state index contributed by atoms with van der Waals surface area (Å²) in [4.78, 5) is 34.5. The van der Waals surface area contributed by atoms with Crippen molar-refractivity contribution in [1.29, 1.82) is 0 Å². The molecule has 0 bridgehead atoms. The summed E-state index contributed by atoms with van der Waals surface area (Å²) in [6, 6.07) is 0. The fourth-order valence-electron chi connectivity index (χ4n) is 2.63. The van der Waals surface area contributed by atoms with Gasteiger partial charge in [-0.15, -0.1) is 11.3 Å². The lowest BCUT2D eigenvalue weighted by atomic mass is 10.1. The van der Waals surface area contributed by atoms with Gasteiger partial charge in [-0.05, 0) is 33.4 Å². The smallest absolute Gasteiger partial charge is 0.348 e. The highest BCUT2D eigenvalue weighted by molar-refractivity contribution is 7.20. The lowest BCUT2D eigenvalue weighted by Gasteiger charge is -2.24. The molecule has 0 unspecified atom stereocenters. The van der Waals surface area contributed by atoms with Crippen LogP contribution in [-0.2, 0) is 11.3 Å². The van der Waals surface area contributed by atoms with Crippen LogP contribution in [0.25, 0.3) is 10.2 Å². The minimum atomic E-state index is -0.846. The Morgan fingerprint density at radius 2 is 2.20 bits per heavy atom. The quantitative estimate of drug-likeness (QED) is 0.574. The number of carbonyl (C=O) groups excluding carboxylic acids is 1. The van der Waals surface area contributed by atoms with Gasteiger partial charge in [-0.2, -0.15) is 0 Å². The second-order valence-electron chi connectivity index (χ2n) is 6.62. The van der Waals surface area contributed by atoms with Crippen LogP contribution >= 0.6 is 11.3 Å². The topological polar surface area (TPSA) is 95.5 Å². The first kappa shape index (κ1) is 19.3. The average Bonchev–Trinajstić information content (AvgIpc) is 2.80. The van der Waals surface area contributed by atoms with Gasteiger partial charge in [0.15, 0.2) is 0 Å². The summed E-state index contributed by atoms with van der Waals surface area (Å²) in [5.41, 5.74) is -0.562. The molecule has 8 heteroatoms. The maximum atomic E-state index is 12.4. The summed E-state index contributed by atoms with van der Waals surface area (Å²) in [5.74, 6) is -0.00277. The van der Waals surface area contributed by atoms with Crippen molar-refractivity contribution in [1.82, 2.24) is 14.9 Å². The van der Waals surface area contributed by atoms with E-state index in [1.54, 1.807) is 20.8 Å². The molecule has 0 aliphatic carbocycles. The predicted molar refractivity (Wildman–Crippen MR) is 98.1 cm³/mol. The van der Waals surface area contributed by atoms with Crippen LogP contribution < -0.4 is 5.56 Å². The van der Waals surface area contributed by atoms with Crippen LogP contribution in [0.4, 0.5) is 0 Å². The van der Waals surface area contributed by atoms with Gasteiger partial charge in [-0.3, -0.25) is 9.69 Å². The Kier molecular flexibility index (Phi) is 5.76. The zero-order chi connectivity index (χ0) is 18.8. The van der Waals surface area contributed by atoms with Crippen LogP contribution in [0, 0.1) is 6.92 Å². The van der Waals surface area contributed by atoms with E-state index in [9.17, 15) is 14.7 Å². The molecule has 0 aliphatic heterocycles. The summed E-state index contributed by atoms with van der Waals surface area (Å²) >= 11 is 1.14. The molecule has 0 fully saturated rings. The molecular formula is C17H23N3O4S. The summed E-state index contributed by atoms with van der Waals surface area (Å²) in [6.07, 6.45) is 1.49. The van der Waals surface area contributed by atoms with Crippen molar-refractivity contribution in [2.75, 3.05) is 20.2 Å². The highest BCUT2D eigenvalue weighted by Crippen LogP contribution is 2.27. The van der Waals surface area contributed by atoms with Crippen molar-refractivity contribution in [3.05, 3.63) is 39.3 Å². The Labute approximate surface area is 150 Å². The van der Waals surface area contributed by atoms with Crippen molar-refractivity contribution in [3.8, 4) is 0 Å². The predicted octanol–water partition coefficient (Wildman–Crippen LogP) is 1.84. The van der Waals surface area contributed by atoms with E-state index in [4.69, 9.17) is 4.74 Å². The fraction of sp³-hybridized carbons (Fsp3) is 0.471. The molecule has 0 saturated carbocycles. The Morgan fingerprint density at radius 1 is 1.52 bits per heavy atom. The van der Waals surface area contributed by atoms with Crippen molar-refractivity contribution in [3.63, 3.8) is 0 Å². The number of aryl methyl sites for hydroxylation is 1. The summed E-state index contributed by atoms with van der Waals surface area (Å²) in [5, 5.41) is 10.3. The maximum absolute atomic E-state index is 12.4. The fourth-order valence-corrected chi connectivity index (χ4v) is 3.72. The third kappa shape index (κ3) is 4.75. The first-order valence-corrected chi connectivity index (χ1v) is 8.65. The lowest BCUT2D eigenvalue weighted by molar-refractivity contribution is 0.0418. The third-order valence-electron chi connectivity index (χ3n) is 3.44. The van der Waals surface area contributed by atoms with Crippen molar-refractivity contribution in [2.45, 2.75) is 32.9 Å². The molecule has 0 aliphatic rings. The van der Waals surface area contributed by atoms with Crippen LogP contribution in [0.3, 0.4) is 0 Å². The number of carbonyl (C=O) groups is 1. The number of aliphatic hydroxyl groups is 1. The SMILES string of the molecule is C=CCOC(=O)c1sc2nc(CN(C)CC(C)(C)O)[nH]c(=O)c2c1C. The zero-order valence-corrected chi connectivity index (χ0v) is 15.7. The van der Waals surface area contributed by atoms with Crippen molar-refractivity contribution in [2.24, 2.45) is 0 Å².